The second kappa shape index (κ2) is 17.8. The van der Waals surface area contributed by atoms with E-state index >= 15 is 0 Å². The Morgan fingerprint density at radius 3 is 2.53 bits per heavy atom. The molecular formula is C36H49N5O2. The molecule has 0 radical (unpaired) electrons. The second-order valence-electron chi connectivity index (χ2n) is 10.4. The molecule has 1 saturated heterocycles. The Hall–Kier alpha value is -4.10. The summed E-state index contributed by atoms with van der Waals surface area (Å²) in [7, 11) is 1.89. The molecule has 1 aliphatic rings. The standard InChI is InChI=1S/C36H49N5O2/c1-8-13-14-18-29(16-10-3)32-26-31-34(43-32)35(41-21-23-42-24-22-41)40-36(38-31)39-33(37-7)25-30(17-11-4)28(15-9-2)20-19-27(6)12-5/h9-10,13-20,25-27,37H,2,8,11-12,21-24H2,1,3-7H3,(H,38,39,40)/b14-13+,16-10-,20-19-,28-15+,29-18+,30-17+,33-25+. The van der Waals surface area contributed by atoms with E-state index in [9.17, 15) is 0 Å². The average Bonchev–Trinajstić information content (AvgIpc) is 3.46. The minimum atomic E-state index is 0.490. The van der Waals surface area contributed by atoms with Crippen LogP contribution in [0.4, 0.5) is 11.8 Å². The van der Waals surface area contributed by atoms with Gasteiger partial charge in [-0.25, -0.2) is 4.98 Å². The SMILES string of the molecule is C=C/C=C(\C=C/C(C)CC)C(/C=C(\NC)Nc1nc(N2CCOCC2)c2oc(C(/C=C\C)=C/C=C/CC)cc2n1)=C/CC. The highest BCUT2D eigenvalue weighted by molar-refractivity contribution is 5.89. The zero-order valence-corrected chi connectivity index (χ0v) is 26.8. The fourth-order valence-corrected chi connectivity index (χ4v) is 4.52. The van der Waals surface area contributed by atoms with Gasteiger partial charge in [0.05, 0.1) is 13.2 Å². The Labute approximate surface area is 258 Å². The second-order valence-corrected chi connectivity index (χ2v) is 10.4. The smallest absolute Gasteiger partial charge is 0.231 e. The molecule has 1 unspecified atom stereocenters. The van der Waals surface area contributed by atoms with E-state index in [1.54, 1.807) is 0 Å². The Bertz CT molecular complexity index is 1410. The van der Waals surface area contributed by atoms with E-state index < -0.39 is 0 Å². The van der Waals surface area contributed by atoms with E-state index in [1.165, 1.54) is 0 Å². The van der Waals surface area contributed by atoms with Gasteiger partial charge in [-0.3, -0.25) is 0 Å². The fraction of sp³-hybridized carbons (Fsp3) is 0.389. The molecule has 230 valence electrons. The minimum absolute atomic E-state index is 0.490. The maximum absolute atomic E-state index is 6.44. The van der Waals surface area contributed by atoms with Gasteiger partial charge in [-0.2, -0.15) is 4.98 Å². The summed E-state index contributed by atoms with van der Waals surface area (Å²) in [6.45, 7) is 17.4. The van der Waals surface area contributed by atoms with Gasteiger partial charge in [-0.05, 0) is 42.9 Å². The summed E-state index contributed by atoms with van der Waals surface area (Å²) in [6, 6.07) is 1.99. The van der Waals surface area contributed by atoms with Crippen LogP contribution < -0.4 is 15.5 Å². The van der Waals surface area contributed by atoms with Gasteiger partial charge in [-0.1, -0.05) is 101 Å². The molecule has 0 aliphatic carbocycles. The molecule has 7 nitrogen and oxygen atoms in total. The van der Waals surface area contributed by atoms with Crippen LogP contribution in [0.3, 0.4) is 0 Å². The molecule has 43 heavy (non-hydrogen) atoms. The Kier molecular flexibility index (Phi) is 13.8. The number of furan rings is 1. The van der Waals surface area contributed by atoms with Crippen LogP contribution in [0, 0.1) is 5.92 Å². The van der Waals surface area contributed by atoms with E-state index in [2.05, 4.69) is 92.3 Å². The third-order valence-corrected chi connectivity index (χ3v) is 7.06. The fourth-order valence-electron chi connectivity index (χ4n) is 4.52. The van der Waals surface area contributed by atoms with E-state index in [1.807, 2.05) is 44.3 Å². The number of rotatable bonds is 15. The van der Waals surface area contributed by atoms with Gasteiger partial charge >= 0.3 is 0 Å². The van der Waals surface area contributed by atoms with E-state index in [-0.39, 0.29) is 0 Å². The molecule has 0 aromatic carbocycles. The first-order valence-corrected chi connectivity index (χ1v) is 15.5. The van der Waals surface area contributed by atoms with Crippen molar-refractivity contribution in [1.29, 1.82) is 0 Å². The Balaban J connectivity index is 2.09. The van der Waals surface area contributed by atoms with Crippen LogP contribution in [-0.4, -0.2) is 43.3 Å². The molecule has 2 aromatic rings. The molecule has 1 atom stereocenters. The van der Waals surface area contributed by atoms with Crippen LogP contribution in [0.15, 0.2) is 101 Å². The number of hydrogen-bond acceptors (Lipinski definition) is 7. The molecule has 0 spiro atoms. The third kappa shape index (κ3) is 9.72. The summed E-state index contributed by atoms with van der Waals surface area (Å²) in [5, 5.41) is 6.74. The highest BCUT2D eigenvalue weighted by atomic mass is 16.5. The molecular weight excluding hydrogens is 534 g/mol. The highest BCUT2D eigenvalue weighted by Gasteiger charge is 2.22. The first kappa shape index (κ1) is 33.4. The lowest BCUT2D eigenvalue weighted by Gasteiger charge is -2.28. The predicted octanol–water partition coefficient (Wildman–Crippen LogP) is 8.51. The Morgan fingerprint density at radius 1 is 1.09 bits per heavy atom. The lowest BCUT2D eigenvalue weighted by molar-refractivity contribution is 0.122. The normalized spacial score (nSPS) is 16.7. The van der Waals surface area contributed by atoms with Crippen LogP contribution in [0.25, 0.3) is 16.7 Å². The molecule has 2 N–H and O–H groups in total. The van der Waals surface area contributed by atoms with Crippen LogP contribution in [0.5, 0.6) is 0 Å². The molecule has 0 amide bonds. The lowest BCUT2D eigenvalue weighted by Crippen LogP contribution is -2.37. The van der Waals surface area contributed by atoms with Crippen molar-refractivity contribution in [2.45, 2.75) is 53.9 Å². The summed E-state index contributed by atoms with van der Waals surface area (Å²) in [5.74, 6) is 3.27. The van der Waals surface area contributed by atoms with Crippen molar-refractivity contribution < 1.29 is 9.15 Å². The number of nitrogens with zero attached hydrogens (tertiary/aromatic N) is 3. The summed E-state index contributed by atoms with van der Waals surface area (Å²) >= 11 is 0. The van der Waals surface area contributed by atoms with Crippen LogP contribution in [0.2, 0.25) is 0 Å². The largest absolute Gasteiger partial charge is 0.450 e. The number of nitrogens with one attached hydrogen (secondary N) is 2. The van der Waals surface area contributed by atoms with Crippen LogP contribution in [0.1, 0.15) is 59.6 Å². The molecule has 3 heterocycles. The number of fused-ring (bicyclic) bond motifs is 1. The van der Waals surface area contributed by atoms with Crippen molar-refractivity contribution in [2.75, 3.05) is 43.6 Å². The number of ether oxygens (including phenoxy) is 1. The molecule has 2 aromatic heterocycles. The quantitative estimate of drug-likeness (QED) is 0.204. The monoisotopic (exact) mass is 583 g/mol. The zero-order chi connectivity index (χ0) is 31.0. The topological polar surface area (TPSA) is 75.5 Å². The van der Waals surface area contributed by atoms with Gasteiger partial charge in [0.25, 0.3) is 0 Å². The van der Waals surface area contributed by atoms with Crippen molar-refractivity contribution in [3.63, 3.8) is 0 Å². The van der Waals surface area contributed by atoms with Crippen molar-refractivity contribution >= 4 is 28.4 Å². The number of hydrogen-bond donors (Lipinski definition) is 2. The number of allylic oxidation sites excluding steroid dienone is 14. The molecule has 0 saturated carbocycles. The van der Waals surface area contributed by atoms with E-state index in [0.717, 1.165) is 72.0 Å². The van der Waals surface area contributed by atoms with E-state index in [4.69, 9.17) is 19.1 Å². The molecule has 3 rings (SSSR count). The lowest BCUT2D eigenvalue weighted by atomic mass is 10.0. The highest BCUT2D eigenvalue weighted by Crippen LogP contribution is 2.32. The minimum Gasteiger partial charge on any atom is -0.450 e. The molecule has 7 heteroatoms. The van der Waals surface area contributed by atoms with Gasteiger partial charge in [0.15, 0.2) is 11.4 Å². The van der Waals surface area contributed by atoms with Crippen LogP contribution >= 0.6 is 0 Å². The maximum Gasteiger partial charge on any atom is 0.231 e. The summed E-state index contributed by atoms with van der Waals surface area (Å²) in [6.07, 6.45) is 25.9. The molecule has 0 bridgehead atoms. The van der Waals surface area contributed by atoms with Gasteiger partial charge in [0, 0.05) is 31.8 Å². The molecule has 1 fully saturated rings. The summed E-state index contributed by atoms with van der Waals surface area (Å²) in [4.78, 5) is 12.1. The summed E-state index contributed by atoms with van der Waals surface area (Å²) in [5.41, 5.74) is 4.57. The van der Waals surface area contributed by atoms with Crippen molar-refractivity contribution in [1.82, 2.24) is 15.3 Å². The number of morpholine rings is 1. The first-order chi connectivity index (χ1) is 21.0. The summed E-state index contributed by atoms with van der Waals surface area (Å²) < 4.78 is 12.1. The average molecular weight is 584 g/mol. The third-order valence-electron chi connectivity index (χ3n) is 7.06. The van der Waals surface area contributed by atoms with Gasteiger partial charge in [-0.15, -0.1) is 0 Å². The van der Waals surface area contributed by atoms with Crippen molar-refractivity contribution in [2.24, 2.45) is 5.92 Å². The maximum atomic E-state index is 6.44. The zero-order valence-electron chi connectivity index (χ0n) is 26.8. The van der Waals surface area contributed by atoms with Crippen molar-refractivity contribution in [3.05, 3.63) is 102 Å². The predicted molar refractivity (Wildman–Crippen MR) is 183 cm³/mol. The van der Waals surface area contributed by atoms with Gasteiger partial charge in [0.1, 0.15) is 17.1 Å². The van der Waals surface area contributed by atoms with Crippen LogP contribution in [-0.2, 0) is 4.74 Å². The van der Waals surface area contributed by atoms with Gasteiger partial charge in [0.2, 0.25) is 5.95 Å². The first-order valence-electron chi connectivity index (χ1n) is 15.5. The number of aromatic nitrogens is 2. The van der Waals surface area contributed by atoms with Gasteiger partial charge < -0.3 is 24.7 Å². The Morgan fingerprint density at radius 2 is 1.88 bits per heavy atom. The van der Waals surface area contributed by atoms with E-state index in [0.29, 0.717) is 30.7 Å². The van der Waals surface area contributed by atoms with Crippen molar-refractivity contribution in [3.8, 4) is 0 Å². The number of anilines is 2. The molecule has 1 aliphatic heterocycles.